The molecule has 4 rings (SSSR count). The summed E-state index contributed by atoms with van der Waals surface area (Å²) in [6, 6.07) is 6.75. The molecule has 0 aromatic heterocycles. The maximum Gasteiger partial charge on any atom is 0.309 e. The van der Waals surface area contributed by atoms with E-state index in [0.717, 1.165) is 38.5 Å². The van der Waals surface area contributed by atoms with E-state index in [2.05, 4.69) is 18.2 Å². The lowest BCUT2D eigenvalue weighted by Gasteiger charge is -2.24. The van der Waals surface area contributed by atoms with Crippen molar-refractivity contribution in [3.8, 4) is 0 Å². The Morgan fingerprint density at radius 2 is 2.17 bits per heavy atom. The van der Waals surface area contributed by atoms with Crippen LogP contribution in [-0.4, -0.2) is 25.7 Å². The highest BCUT2D eigenvalue weighted by Gasteiger charge is 2.46. The summed E-state index contributed by atoms with van der Waals surface area (Å²) in [6.07, 6.45) is 6.49. The minimum Gasteiger partial charge on any atom is -0.469 e. The Morgan fingerprint density at radius 1 is 1.29 bits per heavy atom. The van der Waals surface area contributed by atoms with Crippen LogP contribution in [0.1, 0.15) is 54.7 Å². The molecule has 4 heteroatoms. The topological polar surface area (TPSA) is 52.6 Å². The summed E-state index contributed by atoms with van der Waals surface area (Å²) >= 11 is 0. The van der Waals surface area contributed by atoms with Gasteiger partial charge in [-0.1, -0.05) is 18.2 Å². The third kappa shape index (κ3) is 2.72. The number of carbonyl (C=O) groups is 2. The molecule has 3 atom stereocenters. The van der Waals surface area contributed by atoms with Crippen LogP contribution >= 0.6 is 0 Å². The SMILES string of the molecule is COC(=O)C1CCc2cc([C@@H]3CC[C@]4(COC(=O)C4)C3)ccc2C1. The number of methoxy groups -OCH3 is 1. The number of ether oxygens (including phenoxy) is 2. The zero-order valence-electron chi connectivity index (χ0n) is 14.2. The van der Waals surface area contributed by atoms with Crippen LogP contribution in [0, 0.1) is 11.3 Å². The Hall–Kier alpha value is -1.84. The van der Waals surface area contributed by atoms with Crippen molar-refractivity contribution in [3.05, 3.63) is 34.9 Å². The predicted octanol–water partition coefficient (Wildman–Crippen LogP) is 3.17. The highest BCUT2D eigenvalue weighted by molar-refractivity contribution is 5.73. The van der Waals surface area contributed by atoms with Gasteiger partial charge in [0.1, 0.15) is 0 Å². The maximum absolute atomic E-state index is 11.8. The van der Waals surface area contributed by atoms with E-state index in [1.54, 1.807) is 0 Å². The van der Waals surface area contributed by atoms with E-state index in [0.29, 0.717) is 18.9 Å². The summed E-state index contributed by atoms with van der Waals surface area (Å²) in [5.41, 5.74) is 4.15. The van der Waals surface area contributed by atoms with Crippen LogP contribution in [0.5, 0.6) is 0 Å². The van der Waals surface area contributed by atoms with Crippen molar-refractivity contribution >= 4 is 11.9 Å². The molecule has 4 nitrogen and oxygen atoms in total. The molecule has 0 bridgehead atoms. The average Bonchev–Trinajstić information content (AvgIpc) is 3.19. The van der Waals surface area contributed by atoms with Gasteiger partial charge in [0.15, 0.2) is 0 Å². The standard InChI is InChI=1S/C20H24O4/c1-23-19(22)16-5-4-13-8-15(3-2-14(13)9-16)17-6-7-20(10-17)11-18(21)24-12-20/h2-3,8,16-17H,4-7,9-12H2,1H3/t16?,17-,20+/m1/s1. The van der Waals surface area contributed by atoms with E-state index >= 15 is 0 Å². The number of hydrogen-bond donors (Lipinski definition) is 0. The van der Waals surface area contributed by atoms with Crippen molar-refractivity contribution in [1.82, 2.24) is 0 Å². The fourth-order valence-corrected chi connectivity index (χ4v) is 4.82. The molecule has 3 aliphatic rings. The van der Waals surface area contributed by atoms with Gasteiger partial charge < -0.3 is 9.47 Å². The molecule has 2 fully saturated rings. The van der Waals surface area contributed by atoms with Gasteiger partial charge in [-0.25, -0.2) is 0 Å². The third-order valence-electron chi connectivity index (χ3n) is 6.23. The minimum absolute atomic E-state index is 0.00440. The van der Waals surface area contributed by atoms with Crippen molar-refractivity contribution in [2.45, 2.75) is 50.9 Å². The second kappa shape index (κ2) is 5.91. The Morgan fingerprint density at radius 3 is 2.92 bits per heavy atom. The smallest absolute Gasteiger partial charge is 0.309 e. The summed E-state index contributed by atoms with van der Waals surface area (Å²) in [5.74, 6) is 0.413. The number of carbonyl (C=O) groups excluding carboxylic acids is 2. The largest absolute Gasteiger partial charge is 0.469 e. The highest BCUT2D eigenvalue weighted by Crippen LogP contribution is 2.51. The van der Waals surface area contributed by atoms with Crippen LogP contribution in [0.15, 0.2) is 18.2 Å². The van der Waals surface area contributed by atoms with E-state index in [9.17, 15) is 9.59 Å². The molecule has 1 aromatic carbocycles. The lowest BCUT2D eigenvalue weighted by atomic mass is 9.80. The molecule has 1 unspecified atom stereocenters. The first-order chi connectivity index (χ1) is 11.6. The molecule has 0 amide bonds. The number of cyclic esters (lactones) is 1. The number of benzene rings is 1. The molecule has 1 saturated carbocycles. The lowest BCUT2D eigenvalue weighted by Crippen LogP contribution is -2.23. The van der Waals surface area contributed by atoms with E-state index in [-0.39, 0.29) is 23.3 Å². The van der Waals surface area contributed by atoms with Gasteiger partial charge in [-0.2, -0.15) is 0 Å². The zero-order chi connectivity index (χ0) is 16.7. The average molecular weight is 328 g/mol. The van der Waals surface area contributed by atoms with Crippen LogP contribution in [0.25, 0.3) is 0 Å². The summed E-state index contributed by atoms with van der Waals surface area (Å²) in [4.78, 5) is 23.3. The van der Waals surface area contributed by atoms with E-state index in [1.807, 2.05) is 0 Å². The Labute approximate surface area is 142 Å². The van der Waals surface area contributed by atoms with Crippen molar-refractivity contribution in [2.24, 2.45) is 11.3 Å². The zero-order valence-corrected chi connectivity index (χ0v) is 14.2. The quantitative estimate of drug-likeness (QED) is 0.783. The summed E-state index contributed by atoms with van der Waals surface area (Å²) in [6.45, 7) is 0.605. The molecule has 2 aliphatic carbocycles. The minimum atomic E-state index is -0.0895. The maximum atomic E-state index is 11.8. The van der Waals surface area contributed by atoms with Gasteiger partial charge in [-0.05, 0) is 61.1 Å². The molecule has 128 valence electrons. The summed E-state index contributed by atoms with van der Waals surface area (Å²) < 4.78 is 10.1. The fraction of sp³-hybridized carbons (Fsp3) is 0.600. The van der Waals surface area contributed by atoms with Gasteiger partial charge in [0, 0.05) is 5.41 Å². The van der Waals surface area contributed by atoms with Crippen LogP contribution < -0.4 is 0 Å². The second-order valence-electron chi connectivity index (χ2n) is 7.77. The van der Waals surface area contributed by atoms with Crippen LogP contribution in [0.3, 0.4) is 0 Å². The van der Waals surface area contributed by atoms with Crippen molar-refractivity contribution in [1.29, 1.82) is 0 Å². The monoisotopic (exact) mass is 328 g/mol. The van der Waals surface area contributed by atoms with Crippen molar-refractivity contribution in [2.75, 3.05) is 13.7 Å². The molecule has 1 saturated heterocycles. The van der Waals surface area contributed by atoms with Crippen molar-refractivity contribution < 1.29 is 19.1 Å². The van der Waals surface area contributed by atoms with E-state index < -0.39 is 0 Å². The molecular formula is C20H24O4. The molecule has 1 aliphatic heterocycles. The Balaban J connectivity index is 1.49. The van der Waals surface area contributed by atoms with Gasteiger partial charge in [0.25, 0.3) is 0 Å². The van der Waals surface area contributed by atoms with Gasteiger partial charge in [0.2, 0.25) is 0 Å². The molecule has 0 radical (unpaired) electrons. The number of fused-ring (bicyclic) bond motifs is 1. The van der Waals surface area contributed by atoms with Crippen LogP contribution in [-0.2, 0) is 31.9 Å². The second-order valence-corrected chi connectivity index (χ2v) is 7.77. The predicted molar refractivity (Wildman–Crippen MR) is 88.6 cm³/mol. The van der Waals surface area contributed by atoms with Crippen molar-refractivity contribution in [3.63, 3.8) is 0 Å². The fourth-order valence-electron chi connectivity index (χ4n) is 4.82. The van der Waals surface area contributed by atoms with Gasteiger partial charge >= 0.3 is 11.9 Å². The van der Waals surface area contributed by atoms with E-state index in [1.165, 1.54) is 23.8 Å². The van der Waals surface area contributed by atoms with Gasteiger partial charge in [-0.15, -0.1) is 0 Å². The molecular weight excluding hydrogens is 304 g/mol. The third-order valence-corrected chi connectivity index (χ3v) is 6.23. The molecule has 1 spiro atoms. The summed E-state index contributed by atoms with van der Waals surface area (Å²) in [7, 11) is 1.47. The highest BCUT2D eigenvalue weighted by atomic mass is 16.5. The number of hydrogen-bond acceptors (Lipinski definition) is 4. The first-order valence-electron chi connectivity index (χ1n) is 8.94. The molecule has 0 N–H and O–H groups in total. The normalized spacial score (nSPS) is 31.8. The first-order valence-corrected chi connectivity index (χ1v) is 8.94. The first kappa shape index (κ1) is 15.7. The van der Waals surface area contributed by atoms with Gasteiger partial charge in [-0.3, -0.25) is 9.59 Å². The lowest BCUT2D eigenvalue weighted by molar-refractivity contribution is -0.145. The Kier molecular flexibility index (Phi) is 3.86. The Bertz CT molecular complexity index is 680. The molecule has 1 heterocycles. The number of esters is 2. The van der Waals surface area contributed by atoms with Crippen LogP contribution in [0.4, 0.5) is 0 Å². The van der Waals surface area contributed by atoms with E-state index in [4.69, 9.17) is 9.47 Å². The molecule has 24 heavy (non-hydrogen) atoms. The summed E-state index contributed by atoms with van der Waals surface area (Å²) in [5, 5.41) is 0. The number of rotatable bonds is 2. The van der Waals surface area contributed by atoms with Gasteiger partial charge in [0.05, 0.1) is 26.1 Å². The number of aryl methyl sites for hydroxylation is 1. The molecule has 1 aromatic rings. The van der Waals surface area contributed by atoms with Crippen LogP contribution in [0.2, 0.25) is 0 Å².